The minimum Gasteiger partial charge on any atom is -0.346 e. The Morgan fingerprint density at radius 2 is 1.86 bits per heavy atom. The Morgan fingerprint density at radius 3 is 2.43 bits per heavy atom. The van der Waals surface area contributed by atoms with Gasteiger partial charge in [-0.25, -0.2) is 0 Å². The molecular formula is C12H15ClF3N3O2. The zero-order valence-electron chi connectivity index (χ0n) is 10.9. The van der Waals surface area contributed by atoms with Gasteiger partial charge >= 0.3 is 6.18 Å². The molecule has 0 aliphatic carbocycles. The van der Waals surface area contributed by atoms with Crippen LogP contribution in [0.25, 0.3) is 0 Å². The zero-order valence-corrected chi connectivity index (χ0v) is 11.7. The molecule has 1 rings (SSSR count). The van der Waals surface area contributed by atoms with Gasteiger partial charge in [0.05, 0.1) is 19.5 Å². The average molecular weight is 326 g/mol. The summed E-state index contributed by atoms with van der Waals surface area (Å²) in [5.41, 5.74) is 5.32. The minimum absolute atomic E-state index is 0. The van der Waals surface area contributed by atoms with Crippen LogP contribution in [0.2, 0.25) is 0 Å². The Hall–Kier alpha value is -1.80. The van der Waals surface area contributed by atoms with Gasteiger partial charge in [0.25, 0.3) is 0 Å². The fourth-order valence-electron chi connectivity index (χ4n) is 1.45. The lowest BCUT2D eigenvalue weighted by molar-refractivity contribution is -0.127. The molecule has 1 aromatic rings. The second-order valence-corrected chi connectivity index (χ2v) is 4.02. The van der Waals surface area contributed by atoms with Gasteiger partial charge in [-0.05, 0) is 17.7 Å². The Bertz CT molecular complexity index is 495. The van der Waals surface area contributed by atoms with E-state index in [1.165, 1.54) is 24.3 Å². The Balaban J connectivity index is 0.00000400. The van der Waals surface area contributed by atoms with Gasteiger partial charge in [-0.2, -0.15) is 13.2 Å². The van der Waals surface area contributed by atoms with Crippen molar-refractivity contribution in [3.63, 3.8) is 0 Å². The van der Waals surface area contributed by atoms with E-state index in [-0.39, 0.29) is 36.7 Å². The summed E-state index contributed by atoms with van der Waals surface area (Å²) in [7, 11) is 0. The quantitative estimate of drug-likeness (QED) is 0.761. The van der Waals surface area contributed by atoms with Crippen molar-refractivity contribution < 1.29 is 22.8 Å². The monoisotopic (exact) mass is 325 g/mol. The predicted octanol–water partition coefficient (Wildman–Crippen LogP) is 1.23. The van der Waals surface area contributed by atoms with E-state index in [0.717, 1.165) is 0 Å². The number of nitrogens with two attached hydrogens (primary N) is 1. The fourth-order valence-corrected chi connectivity index (χ4v) is 1.45. The molecule has 0 aliphatic heterocycles. The van der Waals surface area contributed by atoms with Gasteiger partial charge in [0.15, 0.2) is 0 Å². The van der Waals surface area contributed by atoms with E-state index in [1.807, 2.05) is 0 Å². The molecule has 2 amide bonds. The lowest BCUT2D eigenvalue weighted by Crippen LogP contribution is -2.36. The molecular weight excluding hydrogens is 311 g/mol. The van der Waals surface area contributed by atoms with Crippen molar-refractivity contribution in [2.24, 2.45) is 5.73 Å². The average Bonchev–Trinajstić information content (AvgIpc) is 2.34. The maximum Gasteiger partial charge on any atom is 0.393 e. The SMILES string of the molecule is Cl.NCC(=O)NCC(=O)Nc1cccc(CC(F)(F)F)c1. The Labute approximate surface area is 125 Å². The molecule has 0 aliphatic rings. The number of hydrogen-bond donors (Lipinski definition) is 3. The minimum atomic E-state index is -4.31. The Morgan fingerprint density at radius 1 is 1.19 bits per heavy atom. The van der Waals surface area contributed by atoms with Crippen LogP contribution in [0.15, 0.2) is 24.3 Å². The number of alkyl halides is 3. The van der Waals surface area contributed by atoms with Crippen LogP contribution in [0, 0.1) is 0 Å². The third kappa shape index (κ3) is 8.16. The number of amides is 2. The number of nitrogens with one attached hydrogen (secondary N) is 2. The summed E-state index contributed by atoms with van der Waals surface area (Å²) in [6.45, 7) is -0.534. The van der Waals surface area contributed by atoms with Crippen molar-refractivity contribution in [3.05, 3.63) is 29.8 Å². The first-order valence-electron chi connectivity index (χ1n) is 5.72. The second-order valence-electron chi connectivity index (χ2n) is 4.02. The van der Waals surface area contributed by atoms with Crippen molar-refractivity contribution >= 4 is 29.9 Å². The number of carbonyl (C=O) groups excluding carboxylic acids is 2. The first-order chi connectivity index (χ1) is 9.30. The molecule has 4 N–H and O–H groups in total. The van der Waals surface area contributed by atoms with E-state index in [9.17, 15) is 22.8 Å². The zero-order chi connectivity index (χ0) is 15.2. The summed E-state index contributed by atoms with van der Waals surface area (Å²) in [6, 6.07) is 5.42. The standard InChI is InChI=1S/C12H14F3N3O2.ClH/c13-12(14,15)5-8-2-1-3-9(4-8)18-11(20)7-17-10(19)6-16;/h1-4H,5-7,16H2,(H,17,19)(H,18,20);1H. The van der Waals surface area contributed by atoms with Crippen LogP contribution in [0.3, 0.4) is 0 Å². The van der Waals surface area contributed by atoms with Gasteiger partial charge < -0.3 is 16.4 Å². The van der Waals surface area contributed by atoms with Crippen molar-refractivity contribution in [1.29, 1.82) is 0 Å². The molecule has 0 aromatic heterocycles. The molecule has 0 bridgehead atoms. The third-order valence-electron chi connectivity index (χ3n) is 2.25. The normalized spacial score (nSPS) is 10.5. The van der Waals surface area contributed by atoms with E-state index in [1.54, 1.807) is 0 Å². The summed E-state index contributed by atoms with van der Waals surface area (Å²) in [6.07, 6.45) is -5.38. The van der Waals surface area contributed by atoms with Crippen molar-refractivity contribution in [1.82, 2.24) is 5.32 Å². The molecule has 0 spiro atoms. The van der Waals surface area contributed by atoms with E-state index >= 15 is 0 Å². The third-order valence-corrected chi connectivity index (χ3v) is 2.25. The number of carbonyl (C=O) groups is 2. The summed E-state index contributed by atoms with van der Waals surface area (Å²) < 4.78 is 36.7. The van der Waals surface area contributed by atoms with Crippen molar-refractivity contribution in [2.75, 3.05) is 18.4 Å². The van der Waals surface area contributed by atoms with Crippen LogP contribution >= 0.6 is 12.4 Å². The van der Waals surface area contributed by atoms with Crippen molar-refractivity contribution in [3.8, 4) is 0 Å². The molecule has 21 heavy (non-hydrogen) atoms. The van der Waals surface area contributed by atoms with E-state index in [0.29, 0.717) is 0 Å². The van der Waals surface area contributed by atoms with Gasteiger partial charge in [-0.1, -0.05) is 12.1 Å². The molecule has 0 unspecified atom stereocenters. The van der Waals surface area contributed by atoms with Gasteiger partial charge in [-0.3, -0.25) is 9.59 Å². The number of rotatable bonds is 5. The van der Waals surface area contributed by atoms with Crippen LogP contribution in [0.4, 0.5) is 18.9 Å². The van der Waals surface area contributed by atoms with Crippen LogP contribution < -0.4 is 16.4 Å². The van der Waals surface area contributed by atoms with Gasteiger partial charge in [0, 0.05) is 5.69 Å². The summed E-state index contributed by atoms with van der Waals surface area (Å²) >= 11 is 0. The first kappa shape index (κ1) is 19.2. The molecule has 1 aromatic carbocycles. The maximum absolute atomic E-state index is 12.2. The topological polar surface area (TPSA) is 84.2 Å². The molecule has 0 atom stereocenters. The summed E-state index contributed by atoms with van der Waals surface area (Å²) in [4.78, 5) is 22.3. The highest BCUT2D eigenvalue weighted by atomic mass is 35.5. The van der Waals surface area contributed by atoms with E-state index in [2.05, 4.69) is 10.6 Å². The molecule has 0 fully saturated rings. The maximum atomic E-state index is 12.2. The Kier molecular flexibility index (Phi) is 7.75. The van der Waals surface area contributed by atoms with Crippen LogP contribution in [0.1, 0.15) is 5.56 Å². The molecule has 9 heteroatoms. The predicted molar refractivity (Wildman–Crippen MR) is 74.1 cm³/mol. The lowest BCUT2D eigenvalue weighted by atomic mass is 10.1. The van der Waals surface area contributed by atoms with Crippen LogP contribution in [0.5, 0.6) is 0 Å². The smallest absolute Gasteiger partial charge is 0.346 e. The molecule has 118 valence electrons. The highest BCUT2D eigenvalue weighted by Gasteiger charge is 2.27. The number of hydrogen-bond acceptors (Lipinski definition) is 3. The molecule has 5 nitrogen and oxygen atoms in total. The van der Waals surface area contributed by atoms with E-state index in [4.69, 9.17) is 5.73 Å². The largest absolute Gasteiger partial charge is 0.393 e. The van der Waals surface area contributed by atoms with Crippen molar-refractivity contribution in [2.45, 2.75) is 12.6 Å². The summed E-state index contributed by atoms with van der Waals surface area (Å²) in [5, 5.41) is 4.63. The molecule has 0 saturated heterocycles. The van der Waals surface area contributed by atoms with Crippen LogP contribution in [-0.4, -0.2) is 31.1 Å². The summed E-state index contributed by atoms with van der Waals surface area (Å²) in [5.74, 6) is -1.04. The van der Waals surface area contributed by atoms with Gasteiger partial charge in [0.2, 0.25) is 11.8 Å². The fraction of sp³-hybridized carbons (Fsp3) is 0.333. The van der Waals surface area contributed by atoms with Gasteiger partial charge in [-0.15, -0.1) is 12.4 Å². The number of benzene rings is 1. The lowest BCUT2D eigenvalue weighted by Gasteiger charge is -2.09. The number of anilines is 1. The van der Waals surface area contributed by atoms with Gasteiger partial charge in [0.1, 0.15) is 0 Å². The highest BCUT2D eigenvalue weighted by molar-refractivity contribution is 5.94. The van der Waals surface area contributed by atoms with Crippen LogP contribution in [-0.2, 0) is 16.0 Å². The molecule has 0 heterocycles. The molecule has 0 radical (unpaired) electrons. The first-order valence-corrected chi connectivity index (χ1v) is 5.72. The molecule has 0 saturated carbocycles. The highest BCUT2D eigenvalue weighted by Crippen LogP contribution is 2.22. The second kappa shape index (κ2) is 8.48. The van der Waals surface area contributed by atoms with E-state index < -0.39 is 24.4 Å². The number of halogens is 4.